The van der Waals surface area contributed by atoms with Gasteiger partial charge in [-0.1, -0.05) is 38.1 Å². The van der Waals surface area contributed by atoms with Crippen molar-refractivity contribution in [2.24, 2.45) is 5.92 Å². The third-order valence-corrected chi connectivity index (χ3v) is 5.39. The molecule has 0 unspecified atom stereocenters. The third-order valence-electron chi connectivity index (χ3n) is 4.52. The number of nitro groups is 1. The molecule has 0 aliphatic rings. The van der Waals surface area contributed by atoms with Crippen LogP contribution in [0.3, 0.4) is 0 Å². The number of nitrogens with zero attached hydrogens (tertiary/aromatic N) is 3. The van der Waals surface area contributed by atoms with Crippen LogP contribution in [-0.4, -0.2) is 17.0 Å². The van der Waals surface area contributed by atoms with Gasteiger partial charge in [-0.2, -0.15) is 5.26 Å². The molecule has 1 aromatic heterocycles. The number of benzene rings is 2. The summed E-state index contributed by atoms with van der Waals surface area (Å²) in [7, 11) is 1.43. The number of nitriles is 1. The van der Waals surface area contributed by atoms with E-state index < -0.39 is 4.92 Å². The van der Waals surface area contributed by atoms with Crippen LogP contribution in [0.4, 0.5) is 11.4 Å². The van der Waals surface area contributed by atoms with E-state index in [2.05, 4.69) is 42.4 Å². The van der Waals surface area contributed by atoms with Crippen LogP contribution in [0.1, 0.15) is 24.4 Å². The maximum atomic E-state index is 10.9. The Morgan fingerprint density at radius 2 is 2.06 bits per heavy atom. The average Bonchev–Trinajstić information content (AvgIpc) is 3.24. The number of hydrogen-bond donors (Lipinski definition) is 1. The highest BCUT2D eigenvalue weighted by molar-refractivity contribution is 7.11. The van der Waals surface area contributed by atoms with Gasteiger partial charge in [-0.15, -0.1) is 11.3 Å². The van der Waals surface area contributed by atoms with E-state index in [-0.39, 0.29) is 5.69 Å². The zero-order chi connectivity index (χ0) is 22.4. The molecule has 0 bridgehead atoms. The monoisotopic (exact) mass is 434 g/mol. The minimum Gasteiger partial charge on any atom is -0.494 e. The zero-order valence-electron chi connectivity index (χ0n) is 17.5. The number of non-ortho nitro benzene ring substituents is 1. The fourth-order valence-electron chi connectivity index (χ4n) is 3.02. The Hall–Kier alpha value is -3.70. The lowest BCUT2D eigenvalue weighted by Crippen LogP contribution is -1.96. The number of hydrogen-bond acceptors (Lipinski definition) is 7. The molecule has 3 aromatic rings. The Kier molecular flexibility index (Phi) is 7.00. The normalized spacial score (nSPS) is 11.3. The zero-order valence-corrected chi connectivity index (χ0v) is 18.3. The van der Waals surface area contributed by atoms with Gasteiger partial charge < -0.3 is 10.1 Å². The predicted molar refractivity (Wildman–Crippen MR) is 123 cm³/mol. The van der Waals surface area contributed by atoms with Crippen LogP contribution < -0.4 is 10.1 Å². The number of nitro benzene ring substituents is 1. The molecule has 8 heteroatoms. The minimum absolute atomic E-state index is 0.0733. The van der Waals surface area contributed by atoms with E-state index in [1.807, 2.05) is 17.5 Å². The highest BCUT2D eigenvalue weighted by Gasteiger charge is 2.13. The molecule has 2 aromatic carbocycles. The first-order valence-electron chi connectivity index (χ1n) is 9.65. The summed E-state index contributed by atoms with van der Waals surface area (Å²) in [4.78, 5) is 15.0. The summed E-state index contributed by atoms with van der Waals surface area (Å²) in [5.74, 6) is 0.908. The lowest BCUT2D eigenvalue weighted by molar-refractivity contribution is -0.384. The van der Waals surface area contributed by atoms with Gasteiger partial charge in [0.05, 0.1) is 29.5 Å². The summed E-state index contributed by atoms with van der Waals surface area (Å²) in [5, 5.41) is 26.0. The predicted octanol–water partition coefficient (Wildman–Crippen LogP) is 5.90. The molecule has 0 amide bonds. The number of allylic oxidation sites excluding steroid dienone is 1. The Balaban J connectivity index is 1.79. The number of ether oxygens (including phenoxy) is 1. The van der Waals surface area contributed by atoms with Crippen LogP contribution >= 0.6 is 11.3 Å². The quantitative estimate of drug-likeness (QED) is 0.269. The van der Waals surface area contributed by atoms with Gasteiger partial charge >= 0.3 is 0 Å². The first kappa shape index (κ1) is 22.0. The van der Waals surface area contributed by atoms with E-state index >= 15 is 0 Å². The summed E-state index contributed by atoms with van der Waals surface area (Å²) < 4.78 is 5.21. The Morgan fingerprint density at radius 3 is 2.68 bits per heavy atom. The average molecular weight is 435 g/mol. The second-order valence-corrected chi connectivity index (χ2v) is 8.15. The molecular weight excluding hydrogens is 412 g/mol. The lowest BCUT2D eigenvalue weighted by atomic mass is 10.0. The van der Waals surface area contributed by atoms with Crippen molar-refractivity contribution in [2.75, 3.05) is 12.4 Å². The summed E-state index contributed by atoms with van der Waals surface area (Å²) in [5.41, 5.74) is 3.89. The lowest BCUT2D eigenvalue weighted by Gasteiger charge is -2.08. The topological polar surface area (TPSA) is 101 Å². The third kappa shape index (κ3) is 5.47. The van der Waals surface area contributed by atoms with Crippen molar-refractivity contribution >= 4 is 28.3 Å². The van der Waals surface area contributed by atoms with E-state index in [4.69, 9.17) is 4.74 Å². The molecule has 31 heavy (non-hydrogen) atoms. The van der Waals surface area contributed by atoms with Gasteiger partial charge in [0.2, 0.25) is 0 Å². The van der Waals surface area contributed by atoms with E-state index in [9.17, 15) is 15.4 Å². The van der Waals surface area contributed by atoms with Crippen LogP contribution in [0.15, 0.2) is 54.0 Å². The summed E-state index contributed by atoms with van der Waals surface area (Å²) in [6, 6.07) is 14.7. The van der Waals surface area contributed by atoms with Crippen LogP contribution in [0.2, 0.25) is 0 Å². The molecule has 0 spiro atoms. The first-order valence-corrected chi connectivity index (χ1v) is 10.5. The fourth-order valence-corrected chi connectivity index (χ4v) is 3.81. The van der Waals surface area contributed by atoms with Crippen molar-refractivity contribution in [3.8, 4) is 23.1 Å². The van der Waals surface area contributed by atoms with Gasteiger partial charge in [0.15, 0.2) is 0 Å². The van der Waals surface area contributed by atoms with Gasteiger partial charge in [0, 0.05) is 23.2 Å². The number of rotatable bonds is 8. The summed E-state index contributed by atoms with van der Waals surface area (Å²) >= 11 is 1.38. The Morgan fingerprint density at radius 1 is 1.32 bits per heavy atom. The molecule has 0 radical (unpaired) electrons. The number of nitrogens with one attached hydrogen (secondary N) is 1. The number of methoxy groups -OCH3 is 1. The van der Waals surface area contributed by atoms with Gasteiger partial charge in [-0.05, 0) is 24.0 Å². The molecular formula is C23H22N4O3S. The standard InChI is InChI=1S/C23H22N4O3S/c1-15(2)10-16-4-6-17(7-5-16)21-14-31-23(26-21)18(12-24)13-25-20-9-8-19(27(28)29)11-22(20)30-3/h4-9,11,13-15,25H,10H2,1-3H3. The van der Waals surface area contributed by atoms with Gasteiger partial charge in [-0.3, -0.25) is 10.1 Å². The van der Waals surface area contributed by atoms with Crippen molar-refractivity contribution < 1.29 is 9.66 Å². The summed E-state index contributed by atoms with van der Waals surface area (Å²) in [6.07, 6.45) is 2.56. The number of anilines is 1. The second kappa shape index (κ2) is 9.87. The number of thiazole rings is 1. The smallest absolute Gasteiger partial charge is 0.273 e. The van der Waals surface area contributed by atoms with Crippen molar-refractivity contribution in [3.63, 3.8) is 0 Å². The van der Waals surface area contributed by atoms with E-state index in [0.717, 1.165) is 17.7 Å². The maximum absolute atomic E-state index is 10.9. The Bertz CT molecular complexity index is 1140. The highest BCUT2D eigenvalue weighted by atomic mass is 32.1. The van der Waals surface area contributed by atoms with Crippen LogP contribution in [0.5, 0.6) is 5.75 Å². The largest absolute Gasteiger partial charge is 0.494 e. The molecule has 1 heterocycles. The van der Waals surface area contributed by atoms with E-state index in [1.54, 1.807) is 0 Å². The molecule has 1 N–H and O–H groups in total. The maximum Gasteiger partial charge on any atom is 0.273 e. The second-order valence-electron chi connectivity index (χ2n) is 7.29. The molecule has 3 rings (SSSR count). The van der Waals surface area contributed by atoms with Crippen molar-refractivity contribution in [3.05, 3.63) is 74.7 Å². The van der Waals surface area contributed by atoms with Crippen molar-refractivity contribution in [2.45, 2.75) is 20.3 Å². The molecule has 7 nitrogen and oxygen atoms in total. The van der Waals surface area contributed by atoms with Crippen molar-refractivity contribution in [1.29, 1.82) is 5.26 Å². The molecule has 0 saturated carbocycles. The van der Waals surface area contributed by atoms with E-state index in [1.165, 1.54) is 48.4 Å². The number of aromatic nitrogens is 1. The molecule has 158 valence electrons. The first-order chi connectivity index (χ1) is 14.9. The van der Waals surface area contributed by atoms with E-state index in [0.29, 0.717) is 27.9 Å². The SMILES string of the molecule is COc1cc([N+](=O)[O-])ccc1NC=C(C#N)c1nc(-c2ccc(CC(C)C)cc2)cs1. The molecule has 0 atom stereocenters. The highest BCUT2D eigenvalue weighted by Crippen LogP contribution is 2.30. The minimum atomic E-state index is -0.491. The van der Waals surface area contributed by atoms with Crippen molar-refractivity contribution in [1.82, 2.24) is 4.98 Å². The molecule has 0 aliphatic carbocycles. The Labute approximate surface area is 184 Å². The van der Waals surface area contributed by atoms with Gasteiger partial charge in [0.25, 0.3) is 5.69 Å². The molecule has 0 saturated heterocycles. The molecule has 0 fully saturated rings. The van der Waals surface area contributed by atoms with Crippen LogP contribution in [-0.2, 0) is 6.42 Å². The van der Waals surface area contributed by atoms with Gasteiger partial charge in [0.1, 0.15) is 22.4 Å². The van der Waals surface area contributed by atoms with Crippen LogP contribution in [0, 0.1) is 27.4 Å². The fraction of sp³-hybridized carbons (Fsp3) is 0.217. The molecule has 0 aliphatic heterocycles. The summed E-state index contributed by atoms with van der Waals surface area (Å²) in [6.45, 7) is 4.38. The van der Waals surface area contributed by atoms with Gasteiger partial charge in [-0.25, -0.2) is 4.98 Å². The van der Waals surface area contributed by atoms with Crippen LogP contribution in [0.25, 0.3) is 16.8 Å².